The smallest absolute Gasteiger partial charge is 0.165 e. The van der Waals surface area contributed by atoms with E-state index in [9.17, 15) is 0 Å². The van der Waals surface area contributed by atoms with E-state index in [1.165, 1.54) is 125 Å². The summed E-state index contributed by atoms with van der Waals surface area (Å²) < 4.78 is 17.1. The molecule has 0 amide bonds. The Balaban J connectivity index is 1.17. The van der Waals surface area contributed by atoms with Crippen LogP contribution in [0.2, 0.25) is 0 Å². The first-order valence-electron chi connectivity index (χ1n) is 20.2. The van der Waals surface area contributed by atoms with Crippen LogP contribution >= 0.6 is 0 Å². The van der Waals surface area contributed by atoms with Gasteiger partial charge in [0.25, 0.3) is 0 Å². The molecule has 2 aliphatic heterocycles. The molecule has 6 nitrogen and oxygen atoms in total. The van der Waals surface area contributed by atoms with Gasteiger partial charge in [-0.05, 0) is 135 Å². The number of hydrogen-bond donors (Lipinski definition) is 0. The maximum absolute atomic E-state index is 7.27. The summed E-state index contributed by atoms with van der Waals surface area (Å²) in [5, 5.41) is 5.29. The monoisotopic (exact) mass is 678 g/mol. The second kappa shape index (κ2) is 8.85. The zero-order valence-corrected chi connectivity index (χ0v) is 29.1. The zero-order valence-electron chi connectivity index (χ0n) is 29.1. The maximum Gasteiger partial charge on any atom is 0.165 e. The van der Waals surface area contributed by atoms with Gasteiger partial charge in [-0.2, -0.15) is 0 Å². The first-order chi connectivity index (χ1) is 25.7. The second-order valence-electron chi connectivity index (χ2n) is 18.2. The number of pyridine rings is 2. The summed E-state index contributed by atoms with van der Waals surface area (Å²) in [5.41, 5.74) is 12.7. The lowest BCUT2D eigenvalue weighted by Crippen LogP contribution is -2.25. The topological polar surface area (TPSA) is 51.9 Å². The molecule has 52 heavy (non-hydrogen) atoms. The van der Waals surface area contributed by atoms with Crippen molar-refractivity contribution in [2.24, 2.45) is 23.7 Å². The van der Waals surface area contributed by atoms with Crippen LogP contribution in [0.1, 0.15) is 110 Å². The second-order valence-corrected chi connectivity index (χ2v) is 18.2. The maximum atomic E-state index is 7.27. The molecule has 254 valence electrons. The molecular formula is C46H38N4O2. The molecule has 17 rings (SSSR count). The lowest BCUT2D eigenvalue weighted by molar-refractivity contribution is 0.165. The summed E-state index contributed by atoms with van der Waals surface area (Å²) >= 11 is 0. The molecule has 4 aromatic heterocycles. The number of hydrogen-bond acceptors (Lipinski definition) is 5. The highest BCUT2D eigenvalue weighted by Gasteiger charge is 2.48. The van der Waals surface area contributed by atoms with E-state index in [-0.39, 0.29) is 0 Å². The summed E-state index contributed by atoms with van der Waals surface area (Å²) in [6.07, 6.45) is 17.7. The van der Waals surface area contributed by atoms with Crippen LogP contribution in [0.15, 0.2) is 60.9 Å². The van der Waals surface area contributed by atoms with Crippen molar-refractivity contribution < 1.29 is 9.47 Å². The van der Waals surface area contributed by atoms with Gasteiger partial charge in [0.15, 0.2) is 23.0 Å². The number of para-hydroxylation sites is 4. The van der Waals surface area contributed by atoms with Crippen molar-refractivity contribution in [3.05, 3.63) is 83.4 Å². The number of anilines is 3. The van der Waals surface area contributed by atoms with Crippen LogP contribution in [0.3, 0.4) is 0 Å². The van der Waals surface area contributed by atoms with E-state index in [0.29, 0.717) is 23.7 Å². The van der Waals surface area contributed by atoms with Gasteiger partial charge in [0.1, 0.15) is 5.69 Å². The van der Waals surface area contributed by atoms with Crippen LogP contribution in [0, 0.1) is 23.7 Å². The number of nitrogens with zero attached hydrogens (tertiary/aromatic N) is 4. The highest BCUT2D eigenvalue weighted by atomic mass is 16.5. The van der Waals surface area contributed by atoms with Crippen molar-refractivity contribution in [2.45, 2.75) is 87.9 Å². The Bertz CT molecular complexity index is 2590. The molecule has 0 spiro atoms. The fraction of sp³-hybridized carbons (Fsp3) is 0.391. The molecule has 0 N–H and O–H groups in total. The Morgan fingerprint density at radius 3 is 1.42 bits per heavy atom. The number of rotatable bonds is 0. The summed E-state index contributed by atoms with van der Waals surface area (Å²) in [6.45, 7) is 0. The number of aromatic nitrogens is 3. The van der Waals surface area contributed by atoms with Gasteiger partial charge in [-0.3, -0.25) is 14.9 Å². The SMILES string of the molecule is c1ccc2c(c1)Oc1c3c(c4c5c6c(ncc5n5c7cnc8c(c7c1c45)C1CC4CC(CC8C4)C1)C1CC4CC(C1)CC6C4)Oc1ccccc1N23. The van der Waals surface area contributed by atoms with Crippen molar-refractivity contribution in [3.63, 3.8) is 0 Å². The average Bonchev–Trinajstić information content (AvgIpc) is 3.55. The molecule has 6 heteroatoms. The Hall–Kier alpha value is -4.84. The van der Waals surface area contributed by atoms with Crippen LogP contribution in [-0.4, -0.2) is 14.4 Å². The summed E-state index contributed by atoms with van der Waals surface area (Å²) in [5.74, 6) is 9.19. The van der Waals surface area contributed by atoms with E-state index in [0.717, 1.165) is 63.7 Å². The molecule has 10 aliphatic rings. The van der Waals surface area contributed by atoms with Crippen molar-refractivity contribution in [1.29, 1.82) is 0 Å². The van der Waals surface area contributed by atoms with E-state index in [1.54, 1.807) is 0 Å². The average molecular weight is 679 g/mol. The van der Waals surface area contributed by atoms with Gasteiger partial charge < -0.3 is 13.9 Å². The van der Waals surface area contributed by atoms with Gasteiger partial charge in [0.2, 0.25) is 0 Å². The number of ether oxygens (including phenoxy) is 2. The Morgan fingerprint density at radius 2 is 0.942 bits per heavy atom. The lowest BCUT2D eigenvalue weighted by Gasteiger charge is -2.39. The van der Waals surface area contributed by atoms with E-state index in [1.807, 2.05) is 0 Å². The molecule has 4 atom stereocenters. The predicted octanol–water partition coefficient (Wildman–Crippen LogP) is 12.1. The van der Waals surface area contributed by atoms with Crippen LogP contribution in [0.4, 0.5) is 17.1 Å². The molecule has 4 fully saturated rings. The van der Waals surface area contributed by atoms with Gasteiger partial charge in [-0.1, -0.05) is 24.3 Å². The van der Waals surface area contributed by atoms with Gasteiger partial charge in [-0.25, -0.2) is 0 Å². The number of benzene rings is 3. The van der Waals surface area contributed by atoms with Crippen LogP contribution in [0.25, 0.3) is 38.1 Å². The molecule has 6 heterocycles. The Labute approximate surface area is 301 Å². The zero-order chi connectivity index (χ0) is 33.1. The molecule has 8 aliphatic carbocycles. The predicted molar refractivity (Wildman–Crippen MR) is 203 cm³/mol. The Kier molecular flexibility index (Phi) is 4.57. The van der Waals surface area contributed by atoms with Gasteiger partial charge >= 0.3 is 0 Å². The summed E-state index contributed by atoms with van der Waals surface area (Å²) in [4.78, 5) is 13.5. The minimum Gasteiger partial charge on any atom is -0.452 e. The first kappa shape index (κ1) is 26.9. The van der Waals surface area contributed by atoms with Crippen LogP contribution in [0.5, 0.6) is 23.0 Å². The molecule has 0 saturated heterocycles. The minimum atomic E-state index is 0.548. The molecule has 0 radical (unpaired) electrons. The van der Waals surface area contributed by atoms with E-state index >= 15 is 0 Å². The number of fused-ring (bicyclic) bond motifs is 12. The lowest BCUT2D eigenvalue weighted by atomic mass is 9.67. The molecule has 3 aromatic carbocycles. The van der Waals surface area contributed by atoms with Crippen molar-refractivity contribution >= 4 is 55.2 Å². The van der Waals surface area contributed by atoms with E-state index in [4.69, 9.17) is 19.4 Å². The molecule has 8 bridgehead atoms. The molecule has 4 unspecified atom stereocenters. The molecular weight excluding hydrogens is 641 g/mol. The highest BCUT2D eigenvalue weighted by Crippen LogP contribution is 2.68. The first-order valence-corrected chi connectivity index (χ1v) is 20.2. The van der Waals surface area contributed by atoms with Crippen molar-refractivity contribution in [2.75, 3.05) is 4.90 Å². The minimum absolute atomic E-state index is 0.548. The summed E-state index contributed by atoms with van der Waals surface area (Å²) in [6, 6.07) is 17.2. The fourth-order valence-electron chi connectivity index (χ4n) is 14.2. The quantitative estimate of drug-likeness (QED) is 0.160. The van der Waals surface area contributed by atoms with E-state index in [2.05, 4.69) is 70.2 Å². The van der Waals surface area contributed by atoms with Gasteiger partial charge in [0.05, 0.1) is 51.1 Å². The largest absolute Gasteiger partial charge is 0.452 e. The van der Waals surface area contributed by atoms with Crippen molar-refractivity contribution in [1.82, 2.24) is 14.4 Å². The third-order valence-electron chi connectivity index (χ3n) is 15.5. The van der Waals surface area contributed by atoms with E-state index < -0.39 is 0 Å². The third kappa shape index (κ3) is 3.01. The fourth-order valence-corrected chi connectivity index (χ4v) is 14.2. The van der Waals surface area contributed by atoms with Crippen LogP contribution < -0.4 is 14.4 Å². The van der Waals surface area contributed by atoms with Gasteiger partial charge in [0, 0.05) is 34.0 Å². The molecule has 7 aromatic rings. The third-order valence-corrected chi connectivity index (χ3v) is 15.5. The van der Waals surface area contributed by atoms with Crippen LogP contribution in [-0.2, 0) is 0 Å². The summed E-state index contributed by atoms with van der Waals surface area (Å²) in [7, 11) is 0. The highest BCUT2D eigenvalue weighted by molar-refractivity contribution is 6.31. The standard InChI is InChI=1S/C46H38N4O2/c1-3-7-33-29(5-1)49-30-6-2-4-8-34(30)52-46-40-38-32(20-48-42-28-17-23-10-24(18-28)14-26(13-23)36(38)42)50-31-19-47-41-27-15-21-9-22(16-27)12-25(11-21)35(41)37(31)39(43(40)50)45(51-33)44(46)49/h1-8,19-28H,9-18H2. The van der Waals surface area contributed by atoms with Gasteiger partial charge in [-0.15, -0.1) is 0 Å². The normalized spacial score (nSPS) is 31.0. The Morgan fingerprint density at radius 1 is 0.500 bits per heavy atom. The molecule has 4 saturated carbocycles. The van der Waals surface area contributed by atoms with Crippen molar-refractivity contribution in [3.8, 4) is 23.0 Å².